The van der Waals surface area contributed by atoms with Crippen LogP contribution in [0.3, 0.4) is 0 Å². The van der Waals surface area contributed by atoms with Crippen LogP contribution >= 0.6 is 12.4 Å². The van der Waals surface area contributed by atoms with Crippen LogP contribution in [0.15, 0.2) is 42.5 Å². The quantitative estimate of drug-likeness (QED) is 0.791. The molecule has 6 heteroatoms. The molecule has 1 amide bonds. The molecule has 0 aliphatic carbocycles. The third-order valence-electron chi connectivity index (χ3n) is 4.36. The molecule has 1 aliphatic rings. The first-order chi connectivity index (χ1) is 12.1. The highest BCUT2D eigenvalue weighted by molar-refractivity contribution is 5.92. The van der Waals surface area contributed by atoms with Gasteiger partial charge in [-0.05, 0) is 67.8 Å². The van der Waals surface area contributed by atoms with E-state index in [0.29, 0.717) is 18.8 Å². The first-order valence-corrected chi connectivity index (χ1v) is 8.61. The summed E-state index contributed by atoms with van der Waals surface area (Å²) < 4.78 is 18.9. The van der Waals surface area contributed by atoms with Crippen molar-refractivity contribution in [3.8, 4) is 5.75 Å². The number of amides is 1. The number of aryl methyl sites for hydroxylation is 1. The Morgan fingerprint density at radius 2 is 2.15 bits per heavy atom. The zero-order valence-corrected chi connectivity index (χ0v) is 15.6. The van der Waals surface area contributed by atoms with E-state index in [1.807, 2.05) is 31.2 Å². The van der Waals surface area contributed by atoms with E-state index in [-0.39, 0.29) is 30.2 Å². The molecule has 3 rings (SSSR count). The number of rotatable bonds is 6. The van der Waals surface area contributed by atoms with Crippen LogP contribution in [0.2, 0.25) is 0 Å². The highest BCUT2D eigenvalue weighted by Crippen LogP contribution is 2.23. The molecular formula is C20H24ClFN2O2. The summed E-state index contributed by atoms with van der Waals surface area (Å²) in [5.41, 5.74) is 2.50. The maximum absolute atomic E-state index is 13.2. The highest BCUT2D eigenvalue weighted by atomic mass is 35.5. The van der Waals surface area contributed by atoms with E-state index in [0.717, 1.165) is 36.2 Å². The largest absolute Gasteiger partial charge is 0.489 e. The van der Waals surface area contributed by atoms with Gasteiger partial charge in [0.25, 0.3) is 0 Å². The molecule has 1 heterocycles. The van der Waals surface area contributed by atoms with Gasteiger partial charge < -0.3 is 15.4 Å². The molecule has 1 aliphatic heterocycles. The van der Waals surface area contributed by atoms with Gasteiger partial charge in [0.05, 0.1) is 0 Å². The second-order valence-electron chi connectivity index (χ2n) is 6.44. The zero-order valence-electron chi connectivity index (χ0n) is 14.8. The van der Waals surface area contributed by atoms with Crippen molar-refractivity contribution in [1.29, 1.82) is 0 Å². The Labute approximate surface area is 159 Å². The molecule has 26 heavy (non-hydrogen) atoms. The lowest BCUT2D eigenvalue weighted by Crippen LogP contribution is -2.27. The summed E-state index contributed by atoms with van der Waals surface area (Å²) in [4.78, 5) is 12.1. The van der Waals surface area contributed by atoms with Gasteiger partial charge in [0.15, 0.2) is 0 Å². The average molecular weight is 379 g/mol. The number of carbonyl (C=O) groups excluding carboxylic acids is 1. The third kappa shape index (κ3) is 5.71. The predicted octanol–water partition coefficient (Wildman–Crippen LogP) is 4.22. The molecule has 2 aromatic rings. The van der Waals surface area contributed by atoms with Gasteiger partial charge in [-0.3, -0.25) is 4.79 Å². The second kappa shape index (κ2) is 9.55. The number of hydrogen-bond acceptors (Lipinski definition) is 3. The fraction of sp³-hybridized carbons (Fsp3) is 0.350. The first-order valence-electron chi connectivity index (χ1n) is 8.61. The number of anilines is 1. The van der Waals surface area contributed by atoms with E-state index in [1.54, 1.807) is 6.07 Å². The van der Waals surface area contributed by atoms with Gasteiger partial charge in [-0.2, -0.15) is 0 Å². The normalized spacial score (nSPS) is 16.0. The summed E-state index contributed by atoms with van der Waals surface area (Å²) in [6.07, 6.45) is 2.69. The molecule has 0 aromatic heterocycles. The van der Waals surface area contributed by atoms with Crippen molar-refractivity contribution in [3.05, 3.63) is 59.4 Å². The van der Waals surface area contributed by atoms with Crippen molar-refractivity contribution in [3.63, 3.8) is 0 Å². The lowest BCUT2D eigenvalue weighted by Gasteiger charge is -2.13. The molecule has 0 bridgehead atoms. The number of hydrogen-bond donors (Lipinski definition) is 2. The molecular weight excluding hydrogens is 355 g/mol. The predicted molar refractivity (Wildman–Crippen MR) is 103 cm³/mol. The van der Waals surface area contributed by atoms with Crippen LogP contribution < -0.4 is 15.4 Å². The number of benzene rings is 2. The molecule has 2 N–H and O–H groups in total. The van der Waals surface area contributed by atoms with E-state index < -0.39 is 0 Å². The standard InChI is InChI=1S/C20H23FN2O2.ClH/c1-14-10-18(25-13-15-4-2-5-16(21)11-15)7-8-19(14)23-20(24)12-17-6-3-9-22-17;/h2,4-5,7-8,10-11,17,22H,3,6,9,12-13H2,1H3,(H,23,24);1H. The van der Waals surface area contributed by atoms with E-state index in [2.05, 4.69) is 10.6 Å². The summed E-state index contributed by atoms with van der Waals surface area (Å²) in [7, 11) is 0. The second-order valence-corrected chi connectivity index (χ2v) is 6.44. The topological polar surface area (TPSA) is 50.4 Å². The Kier molecular flexibility index (Phi) is 7.42. The maximum atomic E-state index is 13.2. The average Bonchev–Trinajstić information content (AvgIpc) is 3.08. The van der Waals surface area contributed by atoms with Crippen LogP contribution in [-0.2, 0) is 11.4 Å². The van der Waals surface area contributed by atoms with Gasteiger partial charge in [0.1, 0.15) is 18.2 Å². The van der Waals surface area contributed by atoms with Crippen molar-refractivity contribution in [2.75, 3.05) is 11.9 Å². The summed E-state index contributed by atoms with van der Waals surface area (Å²) in [6, 6.07) is 12.2. The van der Waals surface area contributed by atoms with E-state index in [4.69, 9.17) is 4.74 Å². The lowest BCUT2D eigenvalue weighted by atomic mass is 10.1. The van der Waals surface area contributed by atoms with Crippen LogP contribution in [0.4, 0.5) is 10.1 Å². The molecule has 2 aromatic carbocycles. The van der Waals surface area contributed by atoms with E-state index >= 15 is 0 Å². The van der Waals surface area contributed by atoms with Crippen LogP contribution in [0.5, 0.6) is 5.75 Å². The zero-order chi connectivity index (χ0) is 17.6. The molecule has 0 spiro atoms. The van der Waals surface area contributed by atoms with Crippen LogP contribution in [0.1, 0.15) is 30.4 Å². The molecule has 1 atom stereocenters. The molecule has 0 radical (unpaired) electrons. The summed E-state index contributed by atoms with van der Waals surface area (Å²) in [5, 5.41) is 6.29. The Morgan fingerprint density at radius 3 is 2.85 bits per heavy atom. The van der Waals surface area contributed by atoms with Crippen LogP contribution in [-0.4, -0.2) is 18.5 Å². The Balaban J connectivity index is 0.00000243. The summed E-state index contributed by atoms with van der Waals surface area (Å²) >= 11 is 0. The van der Waals surface area contributed by atoms with E-state index in [1.165, 1.54) is 12.1 Å². The van der Waals surface area contributed by atoms with Gasteiger partial charge in [-0.25, -0.2) is 4.39 Å². The molecule has 1 saturated heterocycles. The van der Waals surface area contributed by atoms with Gasteiger partial charge in [-0.15, -0.1) is 12.4 Å². The number of ether oxygens (including phenoxy) is 1. The van der Waals surface area contributed by atoms with Gasteiger partial charge >= 0.3 is 0 Å². The molecule has 1 fully saturated rings. The molecule has 4 nitrogen and oxygen atoms in total. The van der Waals surface area contributed by atoms with Gasteiger partial charge in [0, 0.05) is 18.2 Å². The monoisotopic (exact) mass is 378 g/mol. The fourth-order valence-corrected chi connectivity index (χ4v) is 3.02. The Morgan fingerprint density at radius 1 is 1.31 bits per heavy atom. The Hall–Kier alpha value is -2.11. The number of carbonyl (C=O) groups is 1. The van der Waals surface area contributed by atoms with Crippen LogP contribution in [0.25, 0.3) is 0 Å². The van der Waals surface area contributed by atoms with Crippen molar-refractivity contribution in [1.82, 2.24) is 5.32 Å². The van der Waals surface area contributed by atoms with Crippen molar-refractivity contribution in [2.45, 2.75) is 38.8 Å². The molecule has 1 unspecified atom stereocenters. The first kappa shape index (κ1) is 20.2. The molecule has 140 valence electrons. The van der Waals surface area contributed by atoms with Crippen molar-refractivity contribution in [2.24, 2.45) is 0 Å². The molecule has 0 saturated carbocycles. The third-order valence-corrected chi connectivity index (χ3v) is 4.36. The SMILES string of the molecule is Cc1cc(OCc2cccc(F)c2)ccc1NC(=O)CC1CCCN1.Cl. The maximum Gasteiger partial charge on any atom is 0.225 e. The number of nitrogens with one attached hydrogen (secondary N) is 2. The van der Waals surface area contributed by atoms with E-state index in [9.17, 15) is 9.18 Å². The smallest absolute Gasteiger partial charge is 0.225 e. The minimum atomic E-state index is -0.271. The highest BCUT2D eigenvalue weighted by Gasteiger charge is 2.18. The minimum absolute atomic E-state index is 0. The fourth-order valence-electron chi connectivity index (χ4n) is 3.02. The van der Waals surface area contributed by atoms with Crippen LogP contribution in [0, 0.1) is 12.7 Å². The Bertz CT molecular complexity index is 748. The van der Waals surface area contributed by atoms with Gasteiger partial charge in [0.2, 0.25) is 5.91 Å². The van der Waals surface area contributed by atoms with Gasteiger partial charge in [-0.1, -0.05) is 12.1 Å². The number of halogens is 2. The lowest BCUT2D eigenvalue weighted by molar-refractivity contribution is -0.116. The summed E-state index contributed by atoms with van der Waals surface area (Å²) in [6.45, 7) is 3.23. The minimum Gasteiger partial charge on any atom is -0.489 e. The van der Waals surface area contributed by atoms with Crippen molar-refractivity contribution >= 4 is 24.0 Å². The summed E-state index contributed by atoms with van der Waals surface area (Å²) in [5.74, 6) is 0.445. The van der Waals surface area contributed by atoms with Crippen molar-refractivity contribution < 1.29 is 13.9 Å².